The average molecular weight is 305 g/mol. The van der Waals surface area contributed by atoms with Crippen molar-refractivity contribution in [3.63, 3.8) is 0 Å². The number of likely N-dealkylation sites (tertiary alicyclic amines) is 1. The molecule has 1 aliphatic heterocycles. The lowest BCUT2D eigenvalue weighted by atomic mass is 10.1. The van der Waals surface area contributed by atoms with Crippen LogP contribution >= 0.6 is 0 Å². The molecule has 6 heteroatoms. The molecule has 120 valence electrons. The second-order valence-electron chi connectivity index (χ2n) is 6.14. The lowest BCUT2D eigenvalue weighted by Crippen LogP contribution is -2.51. The van der Waals surface area contributed by atoms with Crippen LogP contribution < -0.4 is 10.6 Å². The first-order valence-corrected chi connectivity index (χ1v) is 8.12. The van der Waals surface area contributed by atoms with E-state index < -0.39 is 0 Å². The van der Waals surface area contributed by atoms with E-state index in [0.717, 1.165) is 25.7 Å². The van der Waals surface area contributed by atoms with Gasteiger partial charge < -0.3 is 20.0 Å². The summed E-state index contributed by atoms with van der Waals surface area (Å²) < 4.78 is 5.08. The maximum atomic E-state index is 12.2. The van der Waals surface area contributed by atoms with Gasteiger partial charge in [0.1, 0.15) is 0 Å². The molecule has 2 aliphatic rings. The molecule has 3 amide bonds. The smallest absolute Gasteiger partial charge is 0.317 e. The highest BCUT2D eigenvalue weighted by Crippen LogP contribution is 2.18. The van der Waals surface area contributed by atoms with E-state index in [1.165, 1.54) is 19.1 Å². The van der Waals surface area contributed by atoms with Gasteiger partial charge in [0.05, 0.1) is 6.26 Å². The number of carbonyl (C=O) groups excluding carboxylic acids is 2. The van der Waals surface area contributed by atoms with E-state index in [-0.39, 0.29) is 18.0 Å². The van der Waals surface area contributed by atoms with Gasteiger partial charge in [0, 0.05) is 25.2 Å². The van der Waals surface area contributed by atoms with Crippen molar-refractivity contribution >= 4 is 11.9 Å². The first kappa shape index (κ1) is 14.9. The van der Waals surface area contributed by atoms with Gasteiger partial charge in [-0.2, -0.15) is 0 Å². The van der Waals surface area contributed by atoms with Crippen LogP contribution in [0.5, 0.6) is 0 Å². The van der Waals surface area contributed by atoms with Crippen LogP contribution in [0.25, 0.3) is 0 Å². The van der Waals surface area contributed by atoms with Gasteiger partial charge in [-0.05, 0) is 37.8 Å². The number of furan rings is 1. The summed E-state index contributed by atoms with van der Waals surface area (Å²) in [5, 5.41) is 6.07. The van der Waals surface area contributed by atoms with E-state index >= 15 is 0 Å². The fraction of sp³-hybridized carbons (Fsp3) is 0.625. The Kier molecular flexibility index (Phi) is 4.65. The lowest BCUT2D eigenvalue weighted by molar-refractivity contribution is 0.0889. The first-order chi connectivity index (χ1) is 10.7. The predicted molar refractivity (Wildman–Crippen MR) is 81.6 cm³/mol. The number of carbonyl (C=O) groups is 2. The summed E-state index contributed by atoms with van der Waals surface area (Å²) in [6.07, 6.45) is 7.68. The molecule has 22 heavy (non-hydrogen) atoms. The third kappa shape index (κ3) is 3.61. The van der Waals surface area contributed by atoms with Gasteiger partial charge in [0.2, 0.25) is 0 Å². The standard InChI is InChI=1S/C16H23N3O3/c20-15(14-6-3-11-22-14)17-13-7-9-19(10-8-13)16(21)18-12-4-1-2-5-12/h3,6,11-13H,1-2,4-5,7-10H2,(H,17,20)(H,18,21). The Bertz CT molecular complexity index is 501. The fourth-order valence-electron chi connectivity index (χ4n) is 3.23. The van der Waals surface area contributed by atoms with Crippen LogP contribution in [0.15, 0.2) is 22.8 Å². The monoisotopic (exact) mass is 305 g/mol. The number of piperidine rings is 1. The third-order valence-electron chi connectivity index (χ3n) is 4.55. The molecule has 0 spiro atoms. The highest BCUT2D eigenvalue weighted by Gasteiger charge is 2.26. The third-order valence-corrected chi connectivity index (χ3v) is 4.55. The summed E-state index contributed by atoms with van der Waals surface area (Å²) in [5.74, 6) is 0.153. The van der Waals surface area contributed by atoms with E-state index in [1.807, 2.05) is 4.90 Å². The quantitative estimate of drug-likeness (QED) is 0.898. The van der Waals surface area contributed by atoms with E-state index in [0.29, 0.717) is 24.9 Å². The van der Waals surface area contributed by atoms with Gasteiger partial charge in [-0.3, -0.25) is 4.79 Å². The van der Waals surface area contributed by atoms with Gasteiger partial charge >= 0.3 is 6.03 Å². The van der Waals surface area contributed by atoms with Crippen LogP contribution in [-0.4, -0.2) is 42.0 Å². The maximum Gasteiger partial charge on any atom is 0.317 e. The second-order valence-corrected chi connectivity index (χ2v) is 6.14. The number of rotatable bonds is 3. The minimum Gasteiger partial charge on any atom is -0.459 e. The number of amides is 3. The van der Waals surface area contributed by atoms with Crippen LogP contribution in [0.2, 0.25) is 0 Å². The zero-order valence-electron chi connectivity index (χ0n) is 12.7. The van der Waals surface area contributed by atoms with E-state index in [1.54, 1.807) is 12.1 Å². The van der Waals surface area contributed by atoms with Crippen molar-refractivity contribution in [3.05, 3.63) is 24.2 Å². The van der Waals surface area contributed by atoms with Gasteiger partial charge in [-0.25, -0.2) is 4.79 Å². The Morgan fingerprint density at radius 2 is 1.73 bits per heavy atom. The minimum absolute atomic E-state index is 0.0442. The molecule has 6 nitrogen and oxygen atoms in total. The van der Waals surface area contributed by atoms with Crippen molar-refractivity contribution in [2.75, 3.05) is 13.1 Å². The number of hydrogen-bond donors (Lipinski definition) is 2. The molecule has 1 saturated carbocycles. The van der Waals surface area contributed by atoms with Crippen LogP contribution in [0.4, 0.5) is 4.79 Å². The molecule has 0 aromatic carbocycles. The predicted octanol–water partition coefficient (Wildman–Crippen LogP) is 2.13. The molecule has 0 unspecified atom stereocenters. The molecular weight excluding hydrogens is 282 g/mol. The molecule has 3 rings (SSSR count). The zero-order chi connectivity index (χ0) is 15.4. The number of nitrogens with zero attached hydrogens (tertiary/aromatic N) is 1. The highest BCUT2D eigenvalue weighted by molar-refractivity contribution is 5.91. The first-order valence-electron chi connectivity index (χ1n) is 8.12. The van der Waals surface area contributed by atoms with E-state index in [4.69, 9.17) is 4.42 Å². The fourth-order valence-corrected chi connectivity index (χ4v) is 3.23. The largest absolute Gasteiger partial charge is 0.459 e. The Morgan fingerprint density at radius 1 is 1.05 bits per heavy atom. The number of hydrogen-bond acceptors (Lipinski definition) is 3. The Balaban J connectivity index is 1.42. The van der Waals surface area contributed by atoms with Gasteiger partial charge in [0.15, 0.2) is 5.76 Å². The van der Waals surface area contributed by atoms with Crippen molar-refractivity contribution in [2.24, 2.45) is 0 Å². The average Bonchev–Trinajstić information content (AvgIpc) is 3.21. The van der Waals surface area contributed by atoms with Gasteiger partial charge in [-0.1, -0.05) is 12.8 Å². The molecular formula is C16H23N3O3. The number of nitrogens with one attached hydrogen (secondary N) is 2. The molecule has 2 fully saturated rings. The van der Waals surface area contributed by atoms with Crippen LogP contribution in [0, 0.1) is 0 Å². The molecule has 0 bridgehead atoms. The summed E-state index contributed by atoms with van der Waals surface area (Å²) in [6.45, 7) is 1.36. The van der Waals surface area contributed by atoms with E-state index in [9.17, 15) is 9.59 Å². The van der Waals surface area contributed by atoms with Gasteiger partial charge in [0.25, 0.3) is 5.91 Å². The summed E-state index contributed by atoms with van der Waals surface area (Å²) in [5.41, 5.74) is 0. The second kappa shape index (κ2) is 6.85. The van der Waals surface area contributed by atoms with Crippen LogP contribution in [0.1, 0.15) is 49.1 Å². The highest BCUT2D eigenvalue weighted by atomic mass is 16.3. The summed E-state index contributed by atoms with van der Waals surface area (Å²) >= 11 is 0. The Hall–Kier alpha value is -1.98. The minimum atomic E-state index is -0.182. The topological polar surface area (TPSA) is 74.6 Å². The Morgan fingerprint density at radius 3 is 2.36 bits per heavy atom. The molecule has 1 aliphatic carbocycles. The normalized spacial score (nSPS) is 20.1. The zero-order valence-corrected chi connectivity index (χ0v) is 12.7. The molecule has 1 aromatic heterocycles. The SMILES string of the molecule is O=C(NC1CCN(C(=O)NC2CCCC2)CC1)c1ccco1. The lowest BCUT2D eigenvalue weighted by Gasteiger charge is -2.33. The molecule has 2 N–H and O–H groups in total. The van der Waals surface area contributed by atoms with Crippen molar-refractivity contribution in [1.82, 2.24) is 15.5 Å². The summed E-state index contributed by atoms with van der Waals surface area (Å²) in [7, 11) is 0. The molecule has 1 saturated heterocycles. The van der Waals surface area contributed by atoms with Crippen molar-refractivity contribution < 1.29 is 14.0 Å². The maximum absolute atomic E-state index is 12.2. The van der Waals surface area contributed by atoms with Crippen molar-refractivity contribution in [3.8, 4) is 0 Å². The van der Waals surface area contributed by atoms with E-state index in [2.05, 4.69) is 10.6 Å². The van der Waals surface area contributed by atoms with Crippen LogP contribution in [0.3, 0.4) is 0 Å². The molecule has 1 aromatic rings. The van der Waals surface area contributed by atoms with Crippen molar-refractivity contribution in [2.45, 2.75) is 50.6 Å². The molecule has 0 radical (unpaired) electrons. The summed E-state index contributed by atoms with van der Waals surface area (Å²) in [6, 6.07) is 3.85. The molecule has 2 heterocycles. The Labute approximate surface area is 130 Å². The van der Waals surface area contributed by atoms with Crippen LogP contribution in [-0.2, 0) is 0 Å². The van der Waals surface area contributed by atoms with Gasteiger partial charge in [-0.15, -0.1) is 0 Å². The number of urea groups is 1. The molecule has 0 atom stereocenters. The summed E-state index contributed by atoms with van der Waals surface area (Å²) in [4.78, 5) is 26.0. The van der Waals surface area contributed by atoms with Crippen molar-refractivity contribution in [1.29, 1.82) is 0 Å².